The van der Waals surface area contributed by atoms with Crippen LogP contribution in [0.15, 0.2) is 36.1 Å². The summed E-state index contributed by atoms with van der Waals surface area (Å²) in [7, 11) is 0. The Morgan fingerprint density at radius 2 is 2.00 bits per heavy atom. The third-order valence-corrected chi connectivity index (χ3v) is 1.57. The average molecular weight is 202 g/mol. The molecule has 14 heavy (non-hydrogen) atoms. The van der Waals surface area contributed by atoms with E-state index < -0.39 is 6.11 Å². The molecule has 0 spiro atoms. The molecule has 0 heterocycles. The van der Waals surface area contributed by atoms with E-state index in [1.165, 1.54) is 6.08 Å². The predicted molar refractivity (Wildman–Crippen MR) is 54.0 cm³/mol. The lowest BCUT2D eigenvalue weighted by atomic mass is 10.2. The van der Waals surface area contributed by atoms with Gasteiger partial charge < -0.3 is 4.74 Å². The van der Waals surface area contributed by atoms with Gasteiger partial charge in [0.25, 0.3) is 0 Å². The van der Waals surface area contributed by atoms with E-state index in [-0.39, 0.29) is 5.76 Å². The second kappa shape index (κ2) is 5.58. The van der Waals surface area contributed by atoms with Crippen LogP contribution in [0.3, 0.4) is 0 Å². The molecule has 0 aliphatic carbocycles. The van der Waals surface area contributed by atoms with E-state index in [1.807, 2.05) is 19.9 Å². The first kappa shape index (κ1) is 12.9. The van der Waals surface area contributed by atoms with E-state index in [0.717, 1.165) is 12.0 Å². The zero-order chi connectivity index (χ0) is 11.2. The summed E-state index contributed by atoms with van der Waals surface area (Å²) in [4.78, 5) is 0. The zero-order valence-corrected chi connectivity index (χ0v) is 8.81. The van der Waals surface area contributed by atoms with Crippen LogP contribution in [-0.2, 0) is 4.74 Å². The first-order valence-electron chi connectivity index (χ1n) is 4.48. The number of hydrogen-bond donors (Lipinski definition) is 0. The number of halogens is 2. The summed E-state index contributed by atoms with van der Waals surface area (Å²) >= 11 is 0. The van der Waals surface area contributed by atoms with Crippen LogP contribution in [0, 0.1) is 0 Å². The maximum atomic E-state index is 12.3. The Labute approximate surface area is 83.8 Å². The number of alkyl halides is 2. The Bertz CT molecular complexity index is 247. The van der Waals surface area contributed by atoms with Crippen LogP contribution in [0.2, 0.25) is 0 Å². The van der Waals surface area contributed by atoms with Gasteiger partial charge in [0.05, 0.1) is 0 Å². The van der Waals surface area contributed by atoms with Crippen molar-refractivity contribution >= 4 is 0 Å². The molecule has 0 aliphatic heterocycles. The van der Waals surface area contributed by atoms with Gasteiger partial charge in [-0.05, 0) is 19.4 Å². The highest BCUT2D eigenvalue weighted by atomic mass is 19.3. The number of ether oxygens (including phenoxy) is 1. The Balaban J connectivity index is 4.19. The maximum absolute atomic E-state index is 12.3. The van der Waals surface area contributed by atoms with Crippen LogP contribution in [0.5, 0.6) is 0 Å². The van der Waals surface area contributed by atoms with Crippen LogP contribution in [0.1, 0.15) is 27.2 Å². The van der Waals surface area contributed by atoms with E-state index in [0.29, 0.717) is 6.92 Å². The van der Waals surface area contributed by atoms with Crippen molar-refractivity contribution < 1.29 is 13.5 Å². The summed E-state index contributed by atoms with van der Waals surface area (Å²) < 4.78 is 28.9. The summed E-state index contributed by atoms with van der Waals surface area (Å²) in [5, 5.41) is 0. The number of allylic oxidation sites excluding steroid dienone is 4. The molecule has 0 fully saturated rings. The molecule has 0 aliphatic rings. The topological polar surface area (TPSA) is 9.23 Å². The van der Waals surface area contributed by atoms with Gasteiger partial charge in [-0.1, -0.05) is 31.2 Å². The van der Waals surface area contributed by atoms with E-state index in [2.05, 4.69) is 11.3 Å². The van der Waals surface area contributed by atoms with Crippen molar-refractivity contribution in [2.45, 2.75) is 33.3 Å². The van der Waals surface area contributed by atoms with Crippen molar-refractivity contribution in [3.05, 3.63) is 36.1 Å². The van der Waals surface area contributed by atoms with Crippen molar-refractivity contribution in [2.75, 3.05) is 0 Å². The van der Waals surface area contributed by atoms with E-state index in [9.17, 15) is 8.78 Å². The Hall–Kier alpha value is -1.12. The van der Waals surface area contributed by atoms with E-state index in [1.54, 1.807) is 6.08 Å². The molecule has 0 N–H and O–H groups in total. The monoisotopic (exact) mass is 202 g/mol. The van der Waals surface area contributed by atoms with Gasteiger partial charge in [-0.15, -0.1) is 0 Å². The van der Waals surface area contributed by atoms with Crippen molar-refractivity contribution in [3.8, 4) is 0 Å². The van der Waals surface area contributed by atoms with Gasteiger partial charge in [0.2, 0.25) is 0 Å². The number of rotatable bonds is 5. The molecule has 0 atom stereocenters. The molecule has 0 amide bonds. The van der Waals surface area contributed by atoms with Gasteiger partial charge in [-0.3, -0.25) is 0 Å². The SMILES string of the molecule is C=C(/C=C\C(=C/C)CC)OC(C)(F)F. The van der Waals surface area contributed by atoms with Gasteiger partial charge in [0, 0.05) is 6.92 Å². The van der Waals surface area contributed by atoms with E-state index >= 15 is 0 Å². The first-order chi connectivity index (χ1) is 6.39. The minimum absolute atomic E-state index is 0.0368. The second-order valence-corrected chi connectivity index (χ2v) is 2.93. The lowest BCUT2D eigenvalue weighted by Crippen LogP contribution is -2.13. The molecule has 0 saturated carbocycles. The third-order valence-electron chi connectivity index (χ3n) is 1.57. The van der Waals surface area contributed by atoms with Crippen LogP contribution >= 0.6 is 0 Å². The van der Waals surface area contributed by atoms with Gasteiger partial charge in [-0.2, -0.15) is 8.78 Å². The van der Waals surface area contributed by atoms with Crippen molar-refractivity contribution in [1.82, 2.24) is 0 Å². The molecule has 1 nitrogen and oxygen atoms in total. The fraction of sp³-hybridized carbons (Fsp3) is 0.455. The largest absolute Gasteiger partial charge is 0.433 e. The molecule has 0 aromatic carbocycles. The molecule has 0 radical (unpaired) electrons. The van der Waals surface area contributed by atoms with Crippen molar-refractivity contribution in [1.29, 1.82) is 0 Å². The highest BCUT2D eigenvalue weighted by Crippen LogP contribution is 2.18. The normalized spacial score (nSPS) is 13.4. The summed E-state index contributed by atoms with van der Waals surface area (Å²) in [6.07, 6.45) is 2.75. The lowest BCUT2D eigenvalue weighted by Gasteiger charge is -2.12. The third kappa shape index (κ3) is 6.40. The quantitative estimate of drug-likeness (QED) is 0.483. The van der Waals surface area contributed by atoms with E-state index in [4.69, 9.17) is 0 Å². The Morgan fingerprint density at radius 1 is 1.43 bits per heavy atom. The molecule has 0 bridgehead atoms. The van der Waals surface area contributed by atoms with Crippen LogP contribution < -0.4 is 0 Å². The molecule has 80 valence electrons. The minimum atomic E-state index is -3.16. The Kier molecular flexibility index (Phi) is 5.13. The molecule has 0 aromatic heterocycles. The van der Waals surface area contributed by atoms with Gasteiger partial charge in [-0.25, -0.2) is 0 Å². The van der Waals surface area contributed by atoms with Crippen LogP contribution in [0.4, 0.5) is 8.78 Å². The molecular weight excluding hydrogens is 186 g/mol. The molecule has 3 heteroatoms. The van der Waals surface area contributed by atoms with Gasteiger partial charge >= 0.3 is 6.11 Å². The molecule has 0 rings (SSSR count). The Morgan fingerprint density at radius 3 is 2.36 bits per heavy atom. The van der Waals surface area contributed by atoms with Crippen LogP contribution in [-0.4, -0.2) is 6.11 Å². The van der Waals surface area contributed by atoms with Crippen LogP contribution in [0.25, 0.3) is 0 Å². The zero-order valence-electron chi connectivity index (χ0n) is 8.81. The lowest BCUT2D eigenvalue weighted by molar-refractivity contribution is -0.194. The summed E-state index contributed by atoms with van der Waals surface area (Å²) in [5.74, 6) is -0.0368. The number of hydrogen-bond acceptors (Lipinski definition) is 1. The molecular formula is C11H16F2O. The van der Waals surface area contributed by atoms with Crippen molar-refractivity contribution in [3.63, 3.8) is 0 Å². The summed E-state index contributed by atoms with van der Waals surface area (Å²) in [6, 6.07) is 0. The molecule has 0 aromatic rings. The van der Waals surface area contributed by atoms with Crippen molar-refractivity contribution in [2.24, 2.45) is 0 Å². The standard InChI is InChI=1S/C11H16F2O/c1-5-10(6-2)8-7-9(3)14-11(4,12)13/h5,7-8H,3,6H2,1-2,4H3/b8-7-,10-5-. The predicted octanol–water partition coefficient (Wildman–Crippen LogP) is 4.04. The maximum Gasteiger partial charge on any atom is 0.394 e. The molecule has 0 saturated heterocycles. The summed E-state index contributed by atoms with van der Waals surface area (Å²) in [6.45, 7) is 7.92. The minimum Gasteiger partial charge on any atom is -0.433 e. The fourth-order valence-corrected chi connectivity index (χ4v) is 0.882. The highest BCUT2D eigenvalue weighted by Gasteiger charge is 2.22. The smallest absolute Gasteiger partial charge is 0.394 e. The second-order valence-electron chi connectivity index (χ2n) is 2.93. The summed E-state index contributed by atoms with van der Waals surface area (Å²) in [5.41, 5.74) is 1.05. The first-order valence-corrected chi connectivity index (χ1v) is 4.48. The molecule has 0 unspecified atom stereocenters. The highest BCUT2D eigenvalue weighted by molar-refractivity contribution is 5.23. The average Bonchev–Trinajstić information content (AvgIpc) is 2.03. The fourth-order valence-electron chi connectivity index (χ4n) is 0.882. The van der Waals surface area contributed by atoms with Gasteiger partial charge in [0.15, 0.2) is 0 Å². The van der Waals surface area contributed by atoms with Gasteiger partial charge in [0.1, 0.15) is 5.76 Å².